The zero-order valence-electron chi connectivity index (χ0n) is 14.8. The fraction of sp³-hybridized carbons (Fsp3) is 0.389. The Labute approximate surface area is 147 Å². The molecule has 0 saturated carbocycles. The number of nitrogens with one attached hydrogen (secondary N) is 1. The minimum atomic E-state index is -0.539. The predicted molar refractivity (Wildman–Crippen MR) is 95.3 cm³/mol. The summed E-state index contributed by atoms with van der Waals surface area (Å²) in [6, 6.07) is 7.65. The molecule has 0 aliphatic carbocycles. The van der Waals surface area contributed by atoms with Crippen LogP contribution in [0.5, 0.6) is 5.75 Å². The van der Waals surface area contributed by atoms with Gasteiger partial charge in [0.15, 0.2) is 0 Å². The topological polar surface area (TPSA) is 63.6 Å². The maximum atomic E-state index is 13.1. The first-order chi connectivity index (χ1) is 11.7. The molecule has 0 bridgehead atoms. The van der Waals surface area contributed by atoms with E-state index in [1.807, 2.05) is 39.8 Å². The van der Waals surface area contributed by atoms with E-state index in [9.17, 15) is 9.50 Å². The summed E-state index contributed by atoms with van der Waals surface area (Å²) in [5.41, 5.74) is 0.467. The number of benzene rings is 1. The van der Waals surface area contributed by atoms with E-state index in [4.69, 9.17) is 9.31 Å². The molecule has 5 nitrogen and oxygen atoms in total. The van der Waals surface area contributed by atoms with Crippen molar-refractivity contribution in [2.24, 2.45) is 0 Å². The Morgan fingerprint density at radius 3 is 2.48 bits per heavy atom. The molecule has 1 aromatic heterocycles. The zero-order chi connectivity index (χ0) is 18.2. The highest BCUT2D eigenvalue weighted by Crippen LogP contribution is 2.36. The third-order valence-corrected chi connectivity index (χ3v) is 4.84. The molecule has 1 aliphatic rings. The summed E-state index contributed by atoms with van der Waals surface area (Å²) in [4.78, 5) is 4.35. The second-order valence-electron chi connectivity index (χ2n) is 7.16. The van der Waals surface area contributed by atoms with Crippen molar-refractivity contribution in [3.63, 3.8) is 0 Å². The number of pyridine rings is 1. The third-order valence-electron chi connectivity index (χ3n) is 4.84. The van der Waals surface area contributed by atoms with Crippen LogP contribution in [0.4, 0.5) is 10.2 Å². The summed E-state index contributed by atoms with van der Waals surface area (Å²) in [5, 5.41) is 13.0. The predicted octanol–water partition coefficient (Wildman–Crippen LogP) is 2.84. The molecule has 7 heteroatoms. The molecule has 1 aliphatic heterocycles. The monoisotopic (exact) mass is 344 g/mol. The summed E-state index contributed by atoms with van der Waals surface area (Å²) in [5.74, 6) is 0.0299. The highest BCUT2D eigenvalue weighted by atomic mass is 19.1. The molecule has 1 saturated heterocycles. The number of phenolic OH excluding ortho intramolecular Hbond substituents is 1. The molecule has 2 N–H and O–H groups in total. The lowest BCUT2D eigenvalue weighted by molar-refractivity contribution is 0.00578. The number of hydrogen-bond donors (Lipinski definition) is 2. The molecule has 2 aromatic rings. The number of rotatable bonds is 4. The van der Waals surface area contributed by atoms with Crippen LogP contribution < -0.4 is 10.8 Å². The molecule has 3 rings (SSSR count). The van der Waals surface area contributed by atoms with E-state index in [-0.39, 0.29) is 5.75 Å². The van der Waals surface area contributed by atoms with Crippen LogP contribution in [0, 0.1) is 5.82 Å². The van der Waals surface area contributed by atoms with Gasteiger partial charge in [0.05, 0.1) is 11.2 Å². The summed E-state index contributed by atoms with van der Waals surface area (Å²) in [7, 11) is -0.539. The highest BCUT2D eigenvalue weighted by molar-refractivity contribution is 6.63. The Kier molecular flexibility index (Phi) is 4.47. The lowest BCUT2D eigenvalue weighted by Gasteiger charge is -2.32. The maximum Gasteiger partial charge on any atom is 0.498 e. The number of aromatic nitrogens is 1. The van der Waals surface area contributed by atoms with E-state index < -0.39 is 24.1 Å². The smallest absolute Gasteiger partial charge is 0.498 e. The van der Waals surface area contributed by atoms with Gasteiger partial charge in [0.1, 0.15) is 17.4 Å². The maximum absolute atomic E-state index is 13.1. The van der Waals surface area contributed by atoms with Crippen LogP contribution in [-0.2, 0) is 15.9 Å². The van der Waals surface area contributed by atoms with Gasteiger partial charge in [0.25, 0.3) is 0 Å². The van der Waals surface area contributed by atoms with Gasteiger partial charge in [0.2, 0.25) is 0 Å². The van der Waals surface area contributed by atoms with E-state index in [1.165, 1.54) is 12.1 Å². The second kappa shape index (κ2) is 6.31. The molecular formula is C18H22BFN2O3. The van der Waals surface area contributed by atoms with E-state index in [0.717, 1.165) is 11.5 Å². The summed E-state index contributed by atoms with van der Waals surface area (Å²) < 4.78 is 25.3. The van der Waals surface area contributed by atoms with Crippen molar-refractivity contribution < 1.29 is 18.8 Å². The molecule has 0 amide bonds. The van der Waals surface area contributed by atoms with Gasteiger partial charge in [-0.15, -0.1) is 0 Å². The first-order valence-corrected chi connectivity index (χ1v) is 8.21. The number of anilines is 1. The van der Waals surface area contributed by atoms with Gasteiger partial charge in [-0.3, -0.25) is 0 Å². The Morgan fingerprint density at radius 1 is 1.16 bits per heavy atom. The molecule has 0 unspecified atom stereocenters. The fourth-order valence-electron chi connectivity index (χ4n) is 2.59. The number of nitrogens with zero attached hydrogens (tertiary/aromatic N) is 1. The molecular weight excluding hydrogens is 322 g/mol. The van der Waals surface area contributed by atoms with Crippen LogP contribution in [0.1, 0.15) is 33.3 Å². The normalized spacial score (nSPS) is 18.4. The van der Waals surface area contributed by atoms with Gasteiger partial charge >= 0.3 is 7.12 Å². The lowest BCUT2D eigenvalue weighted by atomic mass is 9.79. The van der Waals surface area contributed by atoms with Crippen molar-refractivity contribution in [3.8, 4) is 5.75 Å². The van der Waals surface area contributed by atoms with E-state index >= 15 is 0 Å². The van der Waals surface area contributed by atoms with E-state index in [1.54, 1.807) is 6.20 Å². The standard InChI is InChI=1S/C18H22BFN2O3/c1-17(2)18(3,4)25-19(24-17)14-6-5-9-21-16(14)22-11-12-7-8-13(20)10-15(12)23/h5-10,23H,11H2,1-4H3,(H,21,22). The van der Waals surface area contributed by atoms with E-state index in [0.29, 0.717) is 17.9 Å². The lowest BCUT2D eigenvalue weighted by Crippen LogP contribution is -2.41. The highest BCUT2D eigenvalue weighted by Gasteiger charge is 2.52. The average Bonchev–Trinajstić information content (AvgIpc) is 2.75. The van der Waals surface area contributed by atoms with Gasteiger partial charge in [-0.2, -0.15) is 0 Å². The Morgan fingerprint density at radius 2 is 1.84 bits per heavy atom. The first kappa shape index (κ1) is 17.7. The molecule has 132 valence electrons. The van der Waals surface area contributed by atoms with Gasteiger partial charge < -0.3 is 19.7 Å². The molecule has 0 spiro atoms. The Hall–Kier alpha value is -2.12. The SMILES string of the molecule is CC1(C)OB(c2cccnc2NCc2ccc(F)cc2O)OC1(C)C. The summed E-state index contributed by atoms with van der Waals surface area (Å²) in [6.07, 6.45) is 1.67. The number of hydrogen-bond acceptors (Lipinski definition) is 5. The zero-order valence-corrected chi connectivity index (χ0v) is 14.8. The summed E-state index contributed by atoms with van der Waals surface area (Å²) >= 11 is 0. The molecule has 1 aromatic carbocycles. The molecule has 2 heterocycles. The van der Waals surface area contributed by atoms with Gasteiger partial charge in [-0.25, -0.2) is 9.37 Å². The van der Waals surface area contributed by atoms with E-state index in [2.05, 4.69) is 10.3 Å². The van der Waals surface area contributed by atoms with Crippen LogP contribution in [0.3, 0.4) is 0 Å². The van der Waals surface area contributed by atoms with Gasteiger partial charge in [0, 0.05) is 29.8 Å². The first-order valence-electron chi connectivity index (χ1n) is 8.21. The van der Waals surface area contributed by atoms with Crippen LogP contribution in [-0.4, -0.2) is 28.4 Å². The van der Waals surface area contributed by atoms with Crippen LogP contribution >= 0.6 is 0 Å². The van der Waals surface area contributed by atoms with Crippen molar-refractivity contribution in [1.29, 1.82) is 0 Å². The van der Waals surface area contributed by atoms with Crippen LogP contribution in [0.2, 0.25) is 0 Å². The number of aromatic hydroxyl groups is 1. The van der Waals surface area contributed by atoms with Crippen molar-refractivity contribution in [2.75, 3.05) is 5.32 Å². The molecule has 1 fully saturated rings. The minimum Gasteiger partial charge on any atom is -0.507 e. The summed E-state index contributed by atoms with van der Waals surface area (Å²) in [6.45, 7) is 8.27. The molecule has 25 heavy (non-hydrogen) atoms. The van der Waals surface area contributed by atoms with Crippen LogP contribution in [0.25, 0.3) is 0 Å². The fourth-order valence-corrected chi connectivity index (χ4v) is 2.59. The van der Waals surface area contributed by atoms with Gasteiger partial charge in [-0.1, -0.05) is 12.1 Å². The second-order valence-corrected chi connectivity index (χ2v) is 7.16. The molecule has 0 atom stereocenters. The average molecular weight is 344 g/mol. The Bertz CT molecular complexity index is 767. The van der Waals surface area contributed by atoms with Gasteiger partial charge in [-0.05, 0) is 39.8 Å². The molecule has 0 radical (unpaired) electrons. The van der Waals surface area contributed by atoms with Crippen molar-refractivity contribution in [1.82, 2.24) is 4.98 Å². The largest absolute Gasteiger partial charge is 0.507 e. The Balaban J connectivity index is 1.80. The minimum absolute atomic E-state index is 0.0967. The van der Waals surface area contributed by atoms with Crippen molar-refractivity contribution in [2.45, 2.75) is 45.4 Å². The quantitative estimate of drug-likeness (QED) is 0.835. The van der Waals surface area contributed by atoms with Crippen molar-refractivity contribution >= 4 is 18.4 Å². The number of halogens is 1. The third kappa shape index (κ3) is 3.48. The number of phenols is 1. The van der Waals surface area contributed by atoms with Crippen LogP contribution in [0.15, 0.2) is 36.5 Å². The van der Waals surface area contributed by atoms with Crippen molar-refractivity contribution in [3.05, 3.63) is 47.9 Å².